The Bertz CT molecular complexity index is 1030. The number of nitrogens with zero attached hydrogens (tertiary/aromatic N) is 5. The number of halogens is 2. The second kappa shape index (κ2) is 7.50. The Morgan fingerprint density at radius 2 is 1.93 bits per heavy atom. The zero-order valence-electron chi connectivity index (χ0n) is 15.5. The lowest BCUT2D eigenvalue weighted by Gasteiger charge is -2.43. The molecule has 29 heavy (non-hydrogen) atoms. The van der Waals surface area contributed by atoms with E-state index in [1.54, 1.807) is 24.7 Å². The average molecular weight is 395 g/mol. The predicted octanol–water partition coefficient (Wildman–Crippen LogP) is 2.88. The maximum absolute atomic E-state index is 14.2. The summed E-state index contributed by atoms with van der Waals surface area (Å²) >= 11 is 0. The third kappa shape index (κ3) is 3.75. The molecule has 0 saturated heterocycles. The molecule has 1 saturated carbocycles. The van der Waals surface area contributed by atoms with Gasteiger partial charge in [0, 0.05) is 36.7 Å². The van der Waals surface area contributed by atoms with Crippen LogP contribution in [0.4, 0.5) is 14.7 Å². The molecule has 3 N–H and O–H groups in total. The molecule has 148 valence electrons. The van der Waals surface area contributed by atoms with Gasteiger partial charge in [-0.2, -0.15) is 0 Å². The largest absolute Gasteiger partial charge is 0.397 e. The molecule has 1 aliphatic rings. The van der Waals surface area contributed by atoms with Gasteiger partial charge in [0.15, 0.2) is 5.82 Å². The Balaban J connectivity index is 1.50. The normalized spacial score (nSPS) is 20.7. The van der Waals surface area contributed by atoms with E-state index in [1.165, 1.54) is 18.3 Å². The molecular weight excluding hydrogens is 376 g/mol. The lowest BCUT2D eigenvalue weighted by atomic mass is 9.65. The van der Waals surface area contributed by atoms with Crippen molar-refractivity contribution in [1.82, 2.24) is 24.9 Å². The van der Waals surface area contributed by atoms with Crippen LogP contribution in [0, 0.1) is 5.82 Å². The monoisotopic (exact) mass is 395 g/mol. The second-order valence-electron chi connectivity index (χ2n) is 7.06. The van der Waals surface area contributed by atoms with E-state index in [4.69, 9.17) is 5.73 Å². The Morgan fingerprint density at radius 1 is 1.17 bits per heavy atom. The van der Waals surface area contributed by atoms with Crippen molar-refractivity contribution >= 4 is 11.6 Å². The van der Waals surface area contributed by atoms with Crippen LogP contribution in [0.5, 0.6) is 0 Å². The average Bonchev–Trinajstić information content (AvgIpc) is 2.71. The fourth-order valence-electron chi connectivity index (χ4n) is 3.45. The van der Waals surface area contributed by atoms with Gasteiger partial charge in [-0.3, -0.25) is 4.98 Å². The van der Waals surface area contributed by atoms with Crippen LogP contribution in [0.3, 0.4) is 0 Å². The number of pyridine rings is 1. The van der Waals surface area contributed by atoms with Gasteiger partial charge in [-0.1, -0.05) is 6.58 Å². The molecule has 1 aliphatic carbocycles. The molecule has 3 heterocycles. The van der Waals surface area contributed by atoms with E-state index in [2.05, 4.69) is 36.8 Å². The number of anilines is 1. The zero-order valence-corrected chi connectivity index (χ0v) is 15.5. The zero-order chi connectivity index (χ0) is 20.4. The molecule has 0 amide bonds. The Morgan fingerprint density at radius 3 is 2.59 bits per heavy atom. The molecule has 0 bridgehead atoms. The van der Waals surface area contributed by atoms with Crippen LogP contribution in [0.15, 0.2) is 49.6 Å². The summed E-state index contributed by atoms with van der Waals surface area (Å²) < 4.78 is 27.9. The fraction of sp³-hybridized carbons (Fsp3) is 0.250. The van der Waals surface area contributed by atoms with Crippen LogP contribution in [-0.4, -0.2) is 37.6 Å². The van der Waals surface area contributed by atoms with Gasteiger partial charge >= 0.3 is 0 Å². The summed E-state index contributed by atoms with van der Waals surface area (Å²) in [7, 11) is 0. The summed E-state index contributed by atoms with van der Waals surface area (Å²) in [5, 5.41) is 3.07. The van der Waals surface area contributed by atoms with Gasteiger partial charge in [0.25, 0.3) is 0 Å². The molecule has 3 aromatic rings. The number of nitrogens with two attached hydrogens (primary N) is 1. The van der Waals surface area contributed by atoms with Gasteiger partial charge in [0.1, 0.15) is 12.0 Å². The molecule has 9 heteroatoms. The molecule has 0 atom stereocenters. The fourth-order valence-corrected chi connectivity index (χ4v) is 3.45. The smallest absolute Gasteiger partial charge is 0.222 e. The van der Waals surface area contributed by atoms with E-state index in [-0.39, 0.29) is 25.1 Å². The maximum atomic E-state index is 14.2. The molecular formula is C20H19F2N7. The standard InChI is InChI=1S/C20H19F2N7/c1-12(23)16-4-6-25-18(29-16)13-9-26-19(27-10-13)28-11-20(7-14(21)8-20)17-15(22)3-2-5-24-17/h2-6,9-10,14H,1,7-8,11,23H2,(H,26,27,28)/t14-,20-. The topological polar surface area (TPSA) is 102 Å². The van der Waals surface area contributed by atoms with Crippen molar-refractivity contribution in [2.24, 2.45) is 5.73 Å². The molecule has 4 rings (SSSR count). The number of aromatic nitrogens is 5. The molecule has 0 aliphatic heterocycles. The second-order valence-corrected chi connectivity index (χ2v) is 7.06. The number of hydrogen-bond acceptors (Lipinski definition) is 7. The van der Waals surface area contributed by atoms with Gasteiger partial charge in [-0.05, 0) is 31.0 Å². The first-order valence-electron chi connectivity index (χ1n) is 9.06. The van der Waals surface area contributed by atoms with Crippen molar-refractivity contribution < 1.29 is 8.78 Å². The highest BCUT2D eigenvalue weighted by Crippen LogP contribution is 2.45. The summed E-state index contributed by atoms with van der Waals surface area (Å²) in [5.41, 5.74) is 6.70. The molecule has 0 unspecified atom stereocenters. The van der Waals surface area contributed by atoms with Gasteiger partial charge in [-0.25, -0.2) is 28.7 Å². The molecule has 1 fully saturated rings. The Labute approximate surface area is 166 Å². The highest BCUT2D eigenvalue weighted by Gasteiger charge is 2.48. The summed E-state index contributed by atoms with van der Waals surface area (Å²) in [6, 6.07) is 4.52. The van der Waals surface area contributed by atoms with Gasteiger partial charge in [0.2, 0.25) is 5.95 Å². The van der Waals surface area contributed by atoms with Crippen LogP contribution >= 0.6 is 0 Å². The first-order valence-corrected chi connectivity index (χ1v) is 9.06. The van der Waals surface area contributed by atoms with Crippen molar-refractivity contribution in [1.29, 1.82) is 0 Å². The van der Waals surface area contributed by atoms with E-state index in [1.807, 2.05) is 0 Å². The summed E-state index contributed by atoms with van der Waals surface area (Å²) in [5.74, 6) is 0.328. The molecule has 0 radical (unpaired) electrons. The van der Waals surface area contributed by atoms with E-state index in [0.29, 0.717) is 28.7 Å². The summed E-state index contributed by atoms with van der Waals surface area (Å²) in [6.45, 7) is 3.94. The van der Waals surface area contributed by atoms with Crippen LogP contribution < -0.4 is 11.1 Å². The van der Waals surface area contributed by atoms with E-state index in [0.717, 1.165) is 0 Å². The Kier molecular flexibility index (Phi) is 4.87. The number of hydrogen-bond donors (Lipinski definition) is 2. The molecule has 0 spiro atoms. The molecule has 7 nitrogen and oxygen atoms in total. The minimum atomic E-state index is -0.969. The lowest BCUT2D eigenvalue weighted by Crippen LogP contribution is -2.49. The van der Waals surface area contributed by atoms with E-state index < -0.39 is 17.4 Å². The highest BCUT2D eigenvalue weighted by atomic mass is 19.1. The summed E-state index contributed by atoms with van der Waals surface area (Å²) in [6.07, 6.45) is 5.67. The van der Waals surface area contributed by atoms with Crippen molar-refractivity contribution in [3.05, 3.63) is 66.8 Å². The van der Waals surface area contributed by atoms with Gasteiger partial charge in [0.05, 0.1) is 22.6 Å². The quantitative estimate of drug-likeness (QED) is 0.661. The van der Waals surface area contributed by atoms with E-state index in [9.17, 15) is 8.78 Å². The Hall–Kier alpha value is -3.49. The van der Waals surface area contributed by atoms with Gasteiger partial charge in [-0.15, -0.1) is 0 Å². The van der Waals surface area contributed by atoms with Crippen LogP contribution in [-0.2, 0) is 5.41 Å². The lowest BCUT2D eigenvalue weighted by molar-refractivity contribution is 0.0963. The third-order valence-corrected chi connectivity index (χ3v) is 4.96. The van der Waals surface area contributed by atoms with Gasteiger partial charge < -0.3 is 11.1 Å². The first-order chi connectivity index (χ1) is 14.0. The third-order valence-electron chi connectivity index (χ3n) is 4.96. The highest BCUT2D eigenvalue weighted by molar-refractivity contribution is 5.60. The maximum Gasteiger partial charge on any atom is 0.222 e. The van der Waals surface area contributed by atoms with Crippen molar-refractivity contribution in [2.45, 2.75) is 24.4 Å². The first kappa shape index (κ1) is 18.9. The molecule has 0 aromatic carbocycles. The minimum Gasteiger partial charge on any atom is -0.397 e. The van der Waals surface area contributed by atoms with Crippen LogP contribution in [0.2, 0.25) is 0 Å². The molecule has 3 aromatic heterocycles. The number of alkyl halides is 1. The number of rotatable bonds is 6. The predicted molar refractivity (Wildman–Crippen MR) is 105 cm³/mol. The van der Waals surface area contributed by atoms with Crippen LogP contribution in [0.1, 0.15) is 24.2 Å². The number of nitrogens with one attached hydrogen (secondary N) is 1. The SMILES string of the molecule is C=C(N)c1ccnc(-c2cnc(NC[C@]3(c4ncccc4F)C[C@H](F)C3)nc2)n1. The minimum absolute atomic E-state index is 0.204. The van der Waals surface area contributed by atoms with Crippen molar-refractivity contribution in [3.63, 3.8) is 0 Å². The van der Waals surface area contributed by atoms with Crippen molar-refractivity contribution in [2.75, 3.05) is 11.9 Å². The van der Waals surface area contributed by atoms with Crippen LogP contribution in [0.25, 0.3) is 17.1 Å². The van der Waals surface area contributed by atoms with Crippen molar-refractivity contribution in [3.8, 4) is 11.4 Å². The summed E-state index contributed by atoms with van der Waals surface area (Å²) in [4.78, 5) is 21.2. The van der Waals surface area contributed by atoms with E-state index >= 15 is 0 Å².